The largest absolute Gasteiger partial charge is 0.383 e. The van der Waals surface area contributed by atoms with Gasteiger partial charge in [-0.2, -0.15) is 5.10 Å². The van der Waals surface area contributed by atoms with Crippen molar-refractivity contribution in [2.75, 3.05) is 17.6 Å². The summed E-state index contributed by atoms with van der Waals surface area (Å²) in [6.45, 7) is 9.60. The van der Waals surface area contributed by atoms with Gasteiger partial charge in [0, 0.05) is 24.2 Å². The topological polar surface area (TPSA) is 81.7 Å². The molecule has 0 amide bonds. The molecule has 6 nitrogen and oxygen atoms in total. The molecule has 2 aromatic rings. The summed E-state index contributed by atoms with van der Waals surface area (Å²) >= 11 is 0. The maximum Gasteiger partial charge on any atom is 0.135 e. The van der Waals surface area contributed by atoms with Crippen LogP contribution in [0.25, 0.3) is 0 Å². The lowest BCUT2D eigenvalue weighted by atomic mass is 10.2. The molecule has 0 fully saturated rings. The summed E-state index contributed by atoms with van der Waals surface area (Å²) in [6, 6.07) is 0. The molecule has 0 radical (unpaired) electrons. The Labute approximate surface area is 119 Å². The fraction of sp³-hybridized carbons (Fsp3) is 0.500. The van der Waals surface area contributed by atoms with E-state index in [9.17, 15) is 0 Å². The lowest BCUT2D eigenvalue weighted by Gasteiger charge is -2.13. The summed E-state index contributed by atoms with van der Waals surface area (Å²) in [7, 11) is 0. The molecule has 0 saturated carbocycles. The van der Waals surface area contributed by atoms with Crippen molar-refractivity contribution in [2.45, 2.75) is 40.2 Å². The minimum absolute atomic E-state index is 0.257. The number of nitrogens with zero attached hydrogens (tertiary/aromatic N) is 4. The molecule has 2 heterocycles. The number of anilines is 2. The first kappa shape index (κ1) is 14.3. The van der Waals surface area contributed by atoms with Gasteiger partial charge in [-0.05, 0) is 19.4 Å². The van der Waals surface area contributed by atoms with Crippen molar-refractivity contribution in [3.8, 4) is 0 Å². The van der Waals surface area contributed by atoms with E-state index >= 15 is 0 Å². The van der Waals surface area contributed by atoms with Gasteiger partial charge in [-0.3, -0.25) is 4.68 Å². The predicted molar refractivity (Wildman–Crippen MR) is 80.7 cm³/mol. The van der Waals surface area contributed by atoms with Crippen molar-refractivity contribution in [3.05, 3.63) is 29.3 Å². The minimum atomic E-state index is 0.257. The Morgan fingerprint density at radius 3 is 2.65 bits per heavy atom. The van der Waals surface area contributed by atoms with Gasteiger partial charge in [-0.1, -0.05) is 13.8 Å². The third kappa shape index (κ3) is 3.26. The quantitative estimate of drug-likeness (QED) is 0.872. The zero-order valence-electron chi connectivity index (χ0n) is 12.5. The van der Waals surface area contributed by atoms with Gasteiger partial charge >= 0.3 is 0 Å². The van der Waals surface area contributed by atoms with Crippen LogP contribution in [0.15, 0.2) is 12.4 Å². The molecule has 2 aromatic heterocycles. The number of hydrogen-bond donors (Lipinski definition) is 2. The average Bonchev–Trinajstić information content (AvgIpc) is 2.80. The normalized spacial score (nSPS) is 11.1. The van der Waals surface area contributed by atoms with Crippen LogP contribution in [0.1, 0.15) is 36.7 Å². The van der Waals surface area contributed by atoms with E-state index in [0.29, 0.717) is 5.82 Å². The van der Waals surface area contributed by atoms with Crippen LogP contribution in [-0.2, 0) is 6.54 Å². The highest BCUT2D eigenvalue weighted by atomic mass is 15.3. The molecule has 20 heavy (non-hydrogen) atoms. The van der Waals surface area contributed by atoms with E-state index in [-0.39, 0.29) is 5.92 Å². The lowest BCUT2D eigenvalue weighted by molar-refractivity contribution is 0.636. The van der Waals surface area contributed by atoms with E-state index in [1.165, 1.54) is 0 Å². The minimum Gasteiger partial charge on any atom is -0.383 e. The molecule has 3 N–H and O–H groups in total. The molecule has 0 bridgehead atoms. The standard InChI is InChI=1S/C14H22N6/c1-9(2)13-18-12(15)11(4)14(19-13)16-5-6-20-8-10(3)7-17-20/h7-9H,5-6H2,1-4H3,(H3,15,16,18,19). The molecule has 0 aromatic carbocycles. The van der Waals surface area contributed by atoms with Crippen LogP contribution < -0.4 is 11.1 Å². The number of hydrogen-bond acceptors (Lipinski definition) is 5. The highest BCUT2D eigenvalue weighted by Gasteiger charge is 2.10. The Balaban J connectivity index is 2.05. The first-order valence-electron chi connectivity index (χ1n) is 6.84. The zero-order valence-corrected chi connectivity index (χ0v) is 12.5. The SMILES string of the molecule is Cc1cnn(CCNc2nc(C(C)C)nc(N)c2C)c1. The maximum absolute atomic E-state index is 5.94. The van der Waals surface area contributed by atoms with Gasteiger partial charge in [-0.15, -0.1) is 0 Å². The molecule has 0 aliphatic heterocycles. The summed E-state index contributed by atoms with van der Waals surface area (Å²) in [5.74, 6) is 2.38. The van der Waals surface area contributed by atoms with Gasteiger partial charge in [-0.25, -0.2) is 9.97 Å². The fourth-order valence-corrected chi connectivity index (χ4v) is 1.86. The third-order valence-electron chi connectivity index (χ3n) is 3.11. The van der Waals surface area contributed by atoms with Crippen LogP contribution in [0.5, 0.6) is 0 Å². The van der Waals surface area contributed by atoms with Gasteiger partial charge in [0.2, 0.25) is 0 Å². The Bertz CT molecular complexity index is 587. The molecule has 0 aliphatic carbocycles. The second-order valence-electron chi connectivity index (χ2n) is 5.30. The molecular weight excluding hydrogens is 252 g/mol. The van der Waals surface area contributed by atoms with Crippen LogP contribution in [0.4, 0.5) is 11.6 Å². The Kier molecular flexibility index (Phi) is 4.22. The molecule has 0 aliphatic rings. The maximum atomic E-state index is 5.94. The van der Waals surface area contributed by atoms with Crippen molar-refractivity contribution in [1.82, 2.24) is 19.7 Å². The average molecular weight is 274 g/mol. The fourth-order valence-electron chi connectivity index (χ4n) is 1.86. The second-order valence-corrected chi connectivity index (χ2v) is 5.30. The van der Waals surface area contributed by atoms with E-state index in [1.807, 2.05) is 30.9 Å². The van der Waals surface area contributed by atoms with Crippen molar-refractivity contribution < 1.29 is 0 Å². The summed E-state index contributed by atoms with van der Waals surface area (Å²) in [5.41, 5.74) is 7.99. The third-order valence-corrected chi connectivity index (χ3v) is 3.11. The molecular formula is C14H22N6. The van der Waals surface area contributed by atoms with Gasteiger partial charge in [0.25, 0.3) is 0 Å². The number of aromatic nitrogens is 4. The molecule has 0 saturated heterocycles. The lowest BCUT2D eigenvalue weighted by Crippen LogP contribution is -2.15. The van der Waals surface area contributed by atoms with Crippen LogP contribution in [0, 0.1) is 13.8 Å². The number of nitrogen functional groups attached to an aromatic ring is 1. The van der Waals surface area contributed by atoms with Gasteiger partial charge < -0.3 is 11.1 Å². The predicted octanol–water partition coefficient (Wildman–Crippen LogP) is 2.11. The van der Waals surface area contributed by atoms with Crippen LogP contribution >= 0.6 is 0 Å². The van der Waals surface area contributed by atoms with Crippen molar-refractivity contribution in [3.63, 3.8) is 0 Å². The Morgan fingerprint density at radius 1 is 1.30 bits per heavy atom. The monoisotopic (exact) mass is 274 g/mol. The van der Waals surface area contributed by atoms with Gasteiger partial charge in [0.15, 0.2) is 0 Å². The Hall–Kier alpha value is -2.11. The van der Waals surface area contributed by atoms with E-state index in [2.05, 4.69) is 34.2 Å². The van der Waals surface area contributed by atoms with E-state index in [0.717, 1.165) is 35.9 Å². The van der Waals surface area contributed by atoms with Crippen LogP contribution in [-0.4, -0.2) is 26.3 Å². The smallest absolute Gasteiger partial charge is 0.135 e. The van der Waals surface area contributed by atoms with Gasteiger partial charge in [0.05, 0.1) is 12.7 Å². The summed E-state index contributed by atoms with van der Waals surface area (Å²) in [6.07, 6.45) is 3.87. The summed E-state index contributed by atoms with van der Waals surface area (Å²) in [4.78, 5) is 8.85. The molecule has 2 rings (SSSR count). The number of rotatable bonds is 5. The Morgan fingerprint density at radius 2 is 2.05 bits per heavy atom. The number of aryl methyl sites for hydroxylation is 1. The molecule has 0 unspecified atom stereocenters. The highest BCUT2D eigenvalue weighted by molar-refractivity contribution is 5.54. The second kappa shape index (κ2) is 5.90. The van der Waals surface area contributed by atoms with E-state index in [4.69, 9.17) is 5.73 Å². The molecule has 108 valence electrons. The molecule has 0 spiro atoms. The first-order valence-corrected chi connectivity index (χ1v) is 6.84. The molecule has 0 atom stereocenters. The van der Waals surface area contributed by atoms with Crippen LogP contribution in [0.3, 0.4) is 0 Å². The summed E-state index contributed by atoms with van der Waals surface area (Å²) < 4.78 is 1.91. The summed E-state index contributed by atoms with van der Waals surface area (Å²) in [5, 5.41) is 7.57. The van der Waals surface area contributed by atoms with E-state index < -0.39 is 0 Å². The van der Waals surface area contributed by atoms with E-state index in [1.54, 1.807) is 0 Å². The number of nitrogens with two attached hydrogens (primary N) is 1. The zero-order chi connectivity index (χ0) is 14.7. The first-order chi connectivity index (χ1) is 9.47. The van der Waals surface area contributed by atoms with Crippen molar-refractivity contribution >= 4 is 11.6 Å². The molecule has 6 heteroatoms. The van der Waals surface area contributed by atoms with Crippen molar-refractivity contribution in [2.24, 2.45) is 0 Å². The highest BCUT2D eigenvalue weighted by Crippen LogP contribution is 2.20. The van der Waals surface area contributed by atoms with Gasteiger partial charge in [0.1, 0.15) is 17.5 Å². The van der Waals surface area contributed by atoms with Crippen molar-refractivity contribution in [1.29, 1.82) is 0 Å². The number of nitrogens with one attached hydrogen (secondary N) is 1. The van der Waals surface area contributed by atoms with Crippen LogP contribution in [0.2, 0.25) is 0 Å².